The molecule has 108 valence electrons. The number of aryl methyl sites for hydroxylation is 1. The van der Waals surface area contributed by atoms with Gasteiger partial charge in [-0.05, 0) is 38.8 Å². The van der Waals surface area contributed by atoms with Crippen LogP contribution in [-0.2, 0) is 9.53 Å². The molecule has 0 spiro atoms. The van der Waals surface area contributed by atoms with Crippen LogP contribution in [0.2, 0.25) is 0 Å². The number of carbonyl (C=O) groups excluding carboxylic acids is 2. The molecule has 20 heavy (non-hydrogen) atoms. The number of amides is 1. The van der Waals surface area contributed by atoms with Gasteiger partial charge in [-0.2, -0.15) is 0 Å². The summed E-state index contributed by atoms with van der Waals surface area (Å²) in [5.41, 5.74) is 1.75. The predicted octanol–water partition coefficient (Wildman–Crippen LogP) is 2.41. The van der Waals surface area contributed by atoms with Crippen LogP contribution in [0.15, 0.2) is 24.3 Å². The summed E-state index contributed by atoms with van der Waals surface area (Å²) in [6.07, 6.45) is 1.65. The number of carbonyl (C=O) groups is 2. The molecule has 1 aromatic rings. The van der Waals surface area contributed by atoms with E-state index in [0.29, 0.717) is 25.3 Å². The maximum atomic E-state index is 12.5. The van der Waals surface area contributed by atoms with Crippen LogP contribution in [0.4, 0.5) is 0 Å². The molecule has 0 aliphatic carbocycles. The van der Waals surface area contributed by atoms with Crippen LogP contribution in [-0.4, -0.2) is 36.5 Å². The van der Waals surface area contributed by atoms with Gasteiger partial charge in [0.15, 0.2) is 0 Å². The first kappa shape index (κ1) is 14.6. The van der Waals surface area contributed by atoms with E-state index in [9.17, 15) is 9.59 Å². The first-order chi connectivity index (χ1) is 9.61. The van der Waals surface area contributed by atoms with Crippen molar-refractivity contribution in [1.82, 2.24) is 4.90 Å². The molecule has 0 aromatic heterocycles. The van der Waals surface area contributed by atoms with E-state index >= 15 is 0 Å². The van der Waals surface area contributed by atoms with Gasteiger partial charge in [0.25, 0.3) is 5.91 Å². The summed E-state index contributed by atoms with van der Waals surface area (Å²) in [4.78, 5) is 26.0. The zero-order valence-electron chi connectivity index (χ0n) is 12.1. The van der Waals surface area contributed by atoms with Crippen LogP contribution < -0.4 is 0 Å². The van der Waals surface area contributed by atoms with Gasteiger partial charge in [-0.25, -0.2) is 0 Å². The first-order valence-electron chi connectivity index (χ1n) is 7.14. The average molecular weight is 275 g/mol. The van der Waals surface area contributed by atoms with Gasteiger partial charge in [-0.15, -0.1) is 0 Å². The lowest BCUT2D eigenvalue weighted by Crippen LogP contribution is -2.42. The molecule has 0 radical (unpaired) electrons. The fourth-order valence-corrected chi connectivity index (χ4v) is 2.57. The Bertz CT molecular complexity index is 498. The molecule has 1 aliphatic rings. The van der Waals surface area contributed by atoms with Gasteiger partial charge in [0.05, 0.1) is 12.5 Å². The van der Waals surface area contributed by atoms with Crippen LogP contribution in [0.1, 0.15) is 35.7 Å². The van der Waals surface area contributed by atoms with Gasteiger partial charge in [-0.3, -0.25) is 9.59 Å². The van der Waals surface area contributed by atoms with E-state index in [2.05, 4.69) is 0 Å². The largest absolute Gasteiger partial charge is 0.466 e. The number of likely N-dealkylation sites (tertiary alicyclic amines) is 1. The van der Waals surface area contributed by atoms with E-state index in [4.69, 9.17) is 4.74 Å². The predicted molar refractivity (Wildman–Crippen MR) is 76.4 cm³/mol. The van der Waals surface area contributed by atoms with E-state index in [0.717, 1.165) is 18.4 Å². The lowest BCUT2D eigenvalue weighted by molar-refractivity contribution is -0.149. The topological polar surface area (TPSA) is 46.6 Å². The highest BCUT2D eigenvalue weighted by atomic mass is 16.5. The van der Waals surface area contributed by atoms with Crippen molar-refractivity contribution in [2.24, 2.45) is 5.92 Å². The number of benzene rings is 1. The highest BCUT2D eigenvalue weighted by Gasteiger charge is 2.29. The Balaban J connectivity index is 2.05. The molecule has 1 heterocycles. The summed E-state index contributed by atoms with van der Waals surface area (Å²) in [6, 6.07) is 7.56. The van der Waals surface area contributed by atoms with E-state index in [-0.39, 0.29) is 17.8 Å². The van der Waals surface area contributed by atoms with Crippen molar-refractivity contribution in [3.8, 4) is 0 Å². The van der Waals surface area contributed by atoms with Crippen LogP contribution in [0, 0.1) is 12.8 Å². The Morgan fingerprint density at radius 1 is 1.40 bits per heavy atom. The van der Waals surface area contributed by atoms with E-state index in [1.807, 2.05) is 31.2 Å². The zero-order chi connectivity index (χ0) is 14.5. The lowest BCUT2D eigenvalue weighted by Gasteiger charge is -2.31. The minimum Gasteiger partial charge on any atom is -0.466 e. The van der Waals surface area contributed by atoms with Crippen LogP contribution in [0.25, 0.3) is 0 Å². The third-order valence-electron chi connectivity index (χ3n) is 3.59. The standard InChI is InChI=1S/C16H21NO3/c1-3-20-16(19)14-8-5-9-17(11-14)15(18)13-7-4-6-12(2)10-13/h4,6-7,10,14H,3,5,8-9,11H2,1-2H3. The SMILES string of the molecule is CCOC(=O)C1CCCN(C(=O)c2cccc(C)c2)C1. The second kappa shape index (κ2) is 6.55. The molecule has 1 saturated heterocycles. The number of ether oxygens (including phenoxy) is 1. The molecule has 1 amide bonds. The van der Waals surface area contributed by atoms with Gasteiger partial charge in [0, 0.05) is 18.7 Å². The number of esters is 1. The summed E-state index contributed by atoms with van der Waals surface area (Å²) in [7, 11) is 0. The second-order valence-electron chi connectivity index (χ2n) is 5.21. The molecule has 1 fully saturated rings. The Morgan fingerprint density at radius 2 is 2.20 bits per heavy atom. The second-order valence-corrected chi connectivity index (χ2v) is 5.21. The van der Waals surface area contributed by atoms with Gasteiger partial charge in [0.1, 0.15) is 0 Å². The first-order valence-corrected chi connectivity index (χ1v) is 7.14. The maximum Gasteiger partial charge on any atom is 0.310 e. The number of rotatable bonds is 3. The minimum absolute atomic E-state index is 0.00250. The zero-order valence-corrected chi connectivity index (χ0v) is 12.1. The maximum absolute atomic E-state index is 12.5. The van der Waals surface area contributed by atoms with Crippen LogP contribution in [0.3, 0.4) is 0 Å². The third kappa shape index (κ3) is 3.38. The number of hydrogen-bond acceptors (Lipinski definition) is 3. The molecule has 1 unspecified atom stereocenters. The molecule has 0 saturated carbocycles. The van der Waals surface area contributed by atoms with Gasteiger partial charge in [0.2, 0.25) is 0 Å². The molecule has 1 aliphatic heterocycles. The van der Waals surface area contributed by atoms with Gasteiger partial charge < -0.3 is 9.64 Å². The highest BCUT2D eigenvalue weighted by molar-refractivity contribution is 5.94. The summed E-state index contributed by atoms with van der Waals surface area (Å²) in [6.45, 7) is 5.33. The summed E-state index contributed by atoms with van der Waals surface area (Å²) >= 11 is 0. The molecule has 1 atom stereocenters. The third-order valence-corrected chi connectivity index (χ3v) is 3.59. The monoisotopic (exact) mass is 275 g/mol. The quantitative estimate of drug-likeness (QED) is 0.796. The Kier molecular flexibility index (Phi) is 4.77. The van der Waals surface area contributed by atoms with Crippen molar-refractivity contribution in [3.05, 3.63) is 35.4 Å². The highest BCUT2D eigenvalue weighted by Crippen LogP contribution is 2.20. The summed E-state index contributed by atoms with van der Waals surface area (Å²) < 4.78 is 5.06. The Labute approximate surface area is 119 Å². The van der Waals surface area contributed by atoms with Crippen molar-refractivity contribution in [1.29, 1.82) is 0 Å². The molecule has 4 nitrogen and oxygen atoms in total. The summed E-state index contributed by atoms with van der Waals surface area (Å²) in [5.74, 6) is -0.366. The summed E-state index contributed by atoms with van der Waals surface area (Å²) in [5, 5.41) is 0. The minimum atomic E-state index is -0.186. The Morgan fingerprint density at radius 3 is 2.90 bits per heavy atom. The fraction of sp³-hybridized carbons (Fsp3) is 0.500. The molecule has 1 aromatic carbocycles. The number of nitrogens with zero attached hydrogens (tertiary/aromatic N) is 1. The molecule has 0 bridgehead atoms. The van der Waals surface area contributed by atoms with E-state index < -0.39 is 0 Å². The number of hydrogen-bond donors (Lipinski definition) is 0. The normalized spacial score (nSPS) is 18.7. The molecular weight excluding hydrogens is 254 g/mol. The van der Waals surface area contributed by atoms with Crippen LogP contribution in [0.5, 0.6) is 0 Å². The Hall–Kier alpha value is -1.84. The van der Waals surface area contributed by atoms with Crippen LogP contribution >= 0.6 is 0 Å². The average Bonchev–Trinajstić information content (AvgIpc) is 2.47. The molecular formula is C16H21NO3. The van der Waals surface area contributed by atoms with Crippen molar-refractivity contribution in [2.45, 2.75) is 26.7 Å². The lowest BCUT2D eigenvalue weighted by atomic mass is 9.97. The van der Waals surface area contributed by atoms with Crippen molar-refractivity contribution >= 4 is 11.9 Å². The molecule has 4 heteroatoms. The fourth-order valence-electron chi connectivity index (χ4n) is 2.57. The van der Waals surface area contributed by atoms with Gasteiger partial charge in [-0.1, -0.05) is 17.7 Å². The van der Waals surface area contributed by atoms with Crippen molar-refractivity contribution in [2.75, 3.05) is 19.7 Å². The number of piperidine rings is 1. The smallest absolute Gasteiger partial charge is 0.310 e. The van der Waals surface area contributed by atoms with E-state index in [1.54, 1.807) is 11.8 Å². The molecule has 2 rings (SSSR count). The van der Waals surface area contributed by atoms with Crippen molar-refractivity contribution < 1.29 is 14.3 Å². The van der Waals surface area contributed by atoms with Crippen molar-refractivity contribution in [3.63, 3.8) is 0 Å². The molecule has 0 N–H and O–H groups in total. The van der Waals surface area contributed by atoms with E-state index in [1.165, 1.54) is 0 Å². The van der Waals surface area contributed by atoms with Gasteiger partial charge >= 0.3 is 5.97 Å².